The van der Waals surface area contributed by atoms with Gasteiger partial charge >= 0.3 is 0 Å². The highest BCUT2D eigenvalue weighted by molar-refractivity contribution is 9.10. The van der Waals surface area contributed by atoms with E-state index in [1.54, 1.807) is 12.1 Å². The molecule has 1 unspecified atom stereocenters. The molecular formula is C13H7Br2Cl2F. The van der Waals surface area contributed by atoms with Crippen LogP contribution in [0.25, 0.3) is 0 Å². The van der Waals surface area contributed by atoms with Crippen molar-refractivity contribution in [1.29, 1.82) is 0 Å². The topological polar surface area (TPSA) is 0 Å². The average Bonchev–Trinajstić information content (AvgIpc) is 2.26. The normalized spacial score (nSPS) is 12.5. The molecule has 0 radical (unpaired) electrons. The molecule has 0 saturated heterocycles. The van der Waals surface area contributed by atoms with Gasteiger partial charge in [0.15, 0.2) is 0 Å². The van der Waals surface area contributed by atoms with E-state index in [2.05, 4.69) is 31.9 Å². The minimum atomic E-state index is -0.297. The van der Waals surface area contributed by atoms with E-state index < -0.39 is 0 Å². The smallest absolute Gasteiger partial charge is 0.124 e. The van der Waals surface area contributed by atoms with E-state index in [4.69, 9.17) is 23.2 Å². The summed E-state index contributed by atoms with van der Waals surface area (Å²) in [4.78, 5) is -0.186. The molecular weight excluding hydrogens is 406 g/mol. The van der Waals surface area contributed by atoms with E-state index in [1.165, 1.54) is 12.1 Å². The van der Waals surface area contributed by atoms with Gasteiger partial charge in [-0.3, -0.25) is 0 Å². The first-order chi connectivity index (χ1) is 8.47. The molecule has 0 fully saturated rings. The van der Waals surface area contributed by atoms with E-state index in [9.17, 15) is 4.39 Å². The fraction of sp³-hybridized carbons (Fsp3) is 0.0769. The van der Waals surface area contributed by atoms with Crippen LogP contribution in [0.1, 0.15) is 16.0 Å². The first-order valence-electron chi connectivity index (χ1n) is 5.02. The highest BCUT2D eigenvalue weighted by Crippen LogP contribution is 2.37. The van der Waals surface area contributed by atoms with Gasteiger partial charge in [-0.25, -0.2) is 4.39 Å². The van der Waals surface area contributed by atoms with Crippen LogP contribution >= 0.6 is 55.1 Å². The van der Waals surface area contributed by atoms with Crippen molar-refractivity contribution in [3.05, 3.63) is 67.9 Å². The molecule has 0 aliphatic rings. The summed E-state index contributed by atoms with van der Waals surface area (Å²) in [5.41, 5.74) is 1.63. The SMILES string of the molecule is Fc1cc(Br)cc(C(Br)c2ccc(Cl)cc2Cl)c1. The quantitative estimate of drug-likeness (QED) is 0.502. The maximum absolute atomic E-state index is 13.4. The van der Waals surface area contributed by atoms with Gasteiger partial charge in [0, 0.05) is 14.5 Å². The molecule has 0 saturated carbocycles. The fourth-order valence-corrected chi connectivity index (χ4v) is 3.40. The molecule has 0 spiro atoms. The maximum atomic E-state index is 13.4. The second-order valence-electron chi connectivity index (χ2n) is 3.73. The molecule has 1 atom stereocenters. The summed E-state index contributed by atoms with van der Waals surface area (Å²) >= 11 is 18.8. The van der Waals surface area contributed by atoms with Crippen molar-refractivity contribution in [2.24, 2.45) is 0 Å². The molecule has 0 bridgehead atoms. The van der Waals surface area contributed by atoms with Gasteiger partial charge in [0.2, 0.25) is 0 Å². The average molecular weight is 413 g/mol. The van der Waals surface area contributed by atoms with Crippen LogP contribution in [0, 0.1) is 5.82 Å². The Balaban J connectivity index is 2.44. The van der Waals surface area contributed by atoms with Crippen molar-refractivity contribution < 1.29 is 4.39 Å². The lowest BCUT2D eigenvalue weighted by Gasteiger charge is -2.13. The molecule has 0 N–H and O–H groups in total. The Morgan fingerprint density at radius 3 is 2.39 bits per heavy atom. The van der Waals surface area contributed by atoms with Gasteiger partial charge in [0.05, 0.1) is 4.83 Å². The van der Waals surface area contributed by atoms with Crippen LogP contribution in [0.2, 0.25) is 10.0 Å². The van der Waals surface area contributed by atoms with Crippen molar-refractivity contribution in [2.45, 2.75) is 4.83 Å². The van der Waals surface area contributed by atoms with E-state index in [1.807, 2.05) is 12.1 Å². The van der Waals surface area contributed by atoms with Crippen LogP contribution in [0.4, 0.5) is 4.39 Å². The van der Waals surface area contributed by atoms with Gasteiger partial charge in [-0.2, -0.15) is 0 Å². The lowest BCUT2D eigenvalue weighted by atomic mass is 10.0. The molecule has 0 heterocycles. The van der Waals surface area contributed by atoms with Gasteiger partial charge < -0.3 is 0 Å². The molecule has 0 nitrogen and oxygen atoms in total. The summed E-state index contributed by atoms with van der Waals surface area (Å²) in [5.74, 6) is -0.297. The highest BCUT2D eigenvalue weighted by atomic mass is 79.9. The number of halogens is 5. The van der Waals surface area contributed by atoms with Crippen LogP contribution in [0.5, 0.6) is 0 Å². The molecule has 18 heavy (non-hydrogen) atoms. The van der Waals surface area contributed by atoms with Gasteiger partial charge in [-0.15, -0.1) is 0 Å². The fourth-order valence-electron chi connectivity index (χ4n) is 1.61. The largest absolute Gasteiger partial charge is 0.207 e. The van der Waals surface area contributed by atoms with E-state index >= 15 is 0 Å². The van der Waals surface area contributed by atoms with E-state index in [-0.39, 0.29) is 10.6 Å². The first-order valence-corrected chi connectivity index (χ1v) is 7.49. The Morgan fingerprint density at radius 2 is 1.78 bits per heavy atom. The number of hydrogen-bond acceptors (Lipinski definition) is 0. The molecule has 2 aromatic carbocycles. The first kappa shape index (κ1) is 14.3. The Labute approximate surface area is 131 Å². The van der Waals surface area contributed by atoms with Gasteiger partial charge in [-0.05, 0) is 41.5 Å². The van der Waals surface area contributed by atoms with Crippen molar-refractivity contribution in [1.82, 2.24) is 0 Å². The van der Waals surface area contributed by atoms with Crippen molar-refractivity contribution in [3.63, 3.8) is 0 Å². The number of alkyl halides is 1. The Morgan fingerprint density at radius 1 is 1.06 bits per heavy atom. The van der Waals surface area contributed by atoms with Crippen LogP contribution in [-0.4, -0.2) is 0 Å². The summed E-state index contributed by atoms with van der Waals surface area (Å²) in [7, 11) is 0. The molecule has 0 amide bonds. The lowest BCUT2D eigenvalue weighted by molar-refractivity contribution is 0.625. The Bertz CT molecular complexity index is 567. The second kappa shape index (κ2) is 5.91. The minimum Gasteiger partial charge on any atom is -0.207 e. The molecule has 5 heteroatoms. The summed E-state index contributed by atoms with van der Waals surface area (Å²) < 4.78 is 14.1. The van der Waals surface area contributed by atoms with Crippen LogP contribution in [0.15, 0.2) is 40.9 Å². The minimum absolute atomic E-state index is 0.186. The zero-order valence-corrected chi connectivity index (χ0v) is 13.6. The number of rotatable bonds is 2. The van der Waals surface area contributed by atoms with Crippen LogP contribution in [0.3, 0.4) is 0 Å². The summed E-state index contributed by atoms with van der Waals surface area (Å²) in [6.07, 6.45) is 0. The van der Waals surface area contributed by atoms with Crippen LogP contribution in [-0.2, 0) is 0 Å². The van der Waals surface area contributed by atoms with E-state index in [0.717, 1.165) is 11.1 Å². The monoisotopic (exact) mass is 410 g/mol. The summed E-state index contributed by atoms with van der Waals surface area (Å²) in [6.45, 7) is 0. The third kappa shape index (κ3) is 3.27. The highest BCUT2D eigenvalue weighted by Gasteiger charge is 2.15. The molecule has 2 aromatic rings. The summed E-state index contributed by atoms with van der Waals surface area (Å²) in [5, 5.41) is 1.12. The van der Waals surface area contributed by atoms with Gasteiger partial charge in [0.25, 0.3) is 0 Å². The molecule has 0 aliphatic carbocycles. The second-order valence-corrected chi connectivity index (χ2v) is 6.41. The lowest BCUT2D eigenvalue weighted by Crippen LogP contribution is -1.95. The number of hydrogen-bond donors (Lipinski definition) is 0. The third-order valence-corrected chi connectivity index (χ3v) is 4.46. The zero-order chi connectivity index (χ0) is 13.3. The zero-order valence-electron chi connectivity index (χ0n) is 8.93. The van der Waals surface area contributed by atoms with Gasteiger partial charge in [0.1, 0.15) is 5.82 Å². The van der Waals surface area contributed by atoms with E-state index in [0.29, 0.717) is 14.5 Å². The van der Waals surface area contributed by atoms with Crippen molar-refractivity contribution in [2.75, 3.05) is 0 Å². The van der Waals surface area contributed by atoms with Crippen molar-refractivity contribution in [3.8, 4) is 0 Å². The standard InChI is InChI=1S/C13H7Br2Cl2F/c14-8-3-7(4-10(18)5-8)13(15)11-2-1-9(16)6-12(11)17/h1-6,13H. The summed E-state index contributed by atoms with van der Waals surface area (Å²) in [6, 6.07) is 9.96. The predicted octanol–water partition coefficient (Wildman–Crippen LogP) is 6.38. The van der Waals surface area contributed by atoms with Crippen molar-refractivity contribution >= 4 is 55.1 Å². The predicted molar refractivity (Wildman–Crippen MR) is 81.3 cm³/mol. The third-order valence-electron chi connectivity index (χ3n) is 2.41. The molecule has 0 aromatic heterocycles. The van der Waals surface area contributed by atoms with Crippen LogP contribution < -0.4 is 0 Å². The molecule has 2 rings (SSSR count). The molecule has 94 valence electrons. The number of benzene rings is 2. The Hall–Kier alpha value is -0.0900. The maximum Gasteiger partial charge on any atom is 0.124 e. The Kier molecular flexibility index (Phi) is 4.70. The molecule has 0 aliphatic heterocycles. The van der Waals surface area contributed by atoms with Gasteiger partial charge in [-0.1, -0.05) is 61.1 Å².